The number of fused-ring (bicyclic) bond motifs is 1. The maximum Gasteiger partial charge on any atom is 0.323 e. The molecular weight excluding hydrogens is 749 g/mol. The standard InChI is InChI=1S/C47H68N4O8/c1-31(2)43(48)45(52)51-26-40(58-28-33-15-20-37-38(25-33)50(21-11-22-54-7)30-47(37,5)6)42(41(27-51)59-46(53)44(49)32(3)4)34-16-18-36(19-17-34)57-24-12-23-56-29-35-13-9-10-14-39(35)55-8/h9-10,13-20,25,31-32,40-44H,11-12,21-24,26-30,48-49H2,1-8H3/t40-,41+,42+,43-,44-/m0/s1. The number of likely N-dealkylation sites (tertiary alicyclic amines) is 1. The molecule has 1 saturated heterocycles. The lowest BCUT2D eigenvalue weighted by molar-refractivity contribution is -0.166. The number of nitrogens with zero attached hydrogens (tertiary/aromatic N) is 2. The molecule has 0 aromatic heterocycles. The molecule has 59 heavy (non-hydrogen) atoms. The molecule has 3 aromatic rings. The Balaban J connectivity index is 1.36. The Kier molecular flexibility index (Phi) is 16.6. The first-order valence-corrected chi connectivity index (χ1v) is 21.2. The molecule has 1 amide bonds. The van der Waals surface area contributed by atoms with Crippen LogP contribution in [0.25, 0.3) is 0 Å². The van der Waals surface area contributed by atoms with Gasteiger partial charge in [-0.2, -0.15) is 0 Å². The molecular formula is C47H68N4O8. The number of ether oxygens (including phenoxy) is 6. The zero-order valence-electron chi connectivity index (χ0n) is 36.5. The Labute approximate surface area is 351 Å². The molecule has 0 saturated carbocycles. The number of rotatable bonds is 21. The van der Waals surface area contributed by atoms with Crippen molar-refractivity contribution in [1.29, 1.82) is 0 Å². The van der Waals surface area contributed by atoms with Crippen LogP contribution < -0.4 is 25.8 Å². The van der Waals surface area contributed by atoms with Crippen LogP contribution in [0.4, 0.5) is 5.69 Å². The lowest BCUT2D eigenvalue weighted by atomic mass is 9.83. The predicted molar refractivity (Wildman–Crippen MR) is 231 cm³/mol. The molecule has 1 fully saturated rings. The maximum atomic E-state index is 13.9. The number of piperidine rings is 1. The molecule has 2 heterocycles. The van der Waals surface area contributed by atoms with Gasteiger partial charge in [0.15, 0.2) is 0 Å². The van der Waals surface area contributed by atoms with Crippen LogP contribution in [-0.4, -0.2) is 101 Å². The number of nitrogens with two attached hydrogens (primary N) is 2. The number of hydrogen-bond acceptors (Lipinski definition) is 11. The van der Waals surface area contributed by atoms with Crippen LogP contribution >= 0.6 is 0 Å². The van der Waals surface area contributed by atoms with Crippen molar-refractivity contribution in [3.63, 3.8) is 0 Å². The van der Waals surface area contributed by atoms with Crippen molar-refractivity contribution in [2.75, 3.05) is 65.1 Å². The van der Waals surface area contributed by atoms with Gasteiger partial charge in [-0.15, -0.1) is 0 Å². The van der Waals surface area contributed by atoms with E-state index in [9.17, 15) is 9.59 Å². The number of para-hydroxylation sites is 1. The van der Waals surface area contributed by atoms with Gasteiger partial charge in [0.2, 0.25) is 5.91 Å². The molecule has 3 aromatic carbocycles. The fraction of sp³-hybridized carbons (Fsp3) is 0.574. The molecule has 0 unspecified atom stereocenters. The van der Waals surface area contributed by atoms with E-state index in [0.717, 1.165) is 42.0 Å². The summed E-state index contributed by atoms with van der Waals surface area (Å²) in [7, 11) is 3.39. The normalized spacial score (nSPS) is 19.8. The van der Waals surface area contributed by atoms with Crippen molar-refractivity contribution in [2.45, 2.75) is 103 Å². The highest BCUT2D eigenvalue weighted by atomic mass is 16.6. The van der Waals surface area contributed by atoms with Crippen molar-refractivity contribution < 1.29 is 38.0 Å². The molecule has 0 bridgehead atoms. The van der Waals surface area contributed by atoms with Gasteiger partial charge in [-0.05, 0) is 59.2 Å². The summed E-state index contributed by atoms with van der Waals surface area (Å²) in [5.74, 6) is 0.171. The summed E-state index contributed by atoms with van der Waals surface area (Å²) in [6.07, 6.45) is 0.368. The highest BCUT2D eigenvalue weighted by Gasteiger charge is 2.44. The van der Waals surface area contributed by atoms with Gasteiger partial charge in [0.05, 0.1) is 58.1 Å². The van der Waals surface area contributed by atoms with E-state index in [1.807, 2.05) is 76.2 Å². The number of hydrogen-bond donors (Lipinski definition) is 2. The van der Waals surface area contributed by atoms with Gasteiger partial charge in [-0.1, -0.05) is 84.0 Å². The monoisotopic (exact) mass is 817 g/mol. The molecule has 5 rings (SSSR count). The van der Waals surface area contributed by atoms with E-state index < -0.39 is 36.2 Å². The van der Waals surface area contributed by atoms with Gasteiger partial charge >= 0.3 is 5.97 Å². The third-order valence-electron chi connectivity index (χ3n) is 11.6. The first kappa shape index (κ1) is 45.9. The van der Waals surface area contributed by atoms with E-state index in [2.05, 4.69) is 36.9 Å². The van der Waals surface area contributed by atoms with Gasteiger partial charge in [0.25, 0.3) is 0 Å². The summed E-state index contributed by atoms with van der Waals surface area (Å²) in [6, 6.07) is 20.7. The second-order valence-electron chi connectivity index (χ2n) is 17.3. The van der Waals surface area contributed by atoms with Gasteiger partial charge in [0, 0.05) is 56.4 Å². The fourth-order valence-electron chi connectivity index (χ4n) is 7.94. The largest absolute Gasteiger partial charge is 0.496 e. The van der Waals surface area contributed by atoms with E-state index in [-0.39, 0.29) is 36.2 Å². The predicted octanol–water partition coefficient (Wildman–Crippen LogP) is 6.20. The molecule has 324 valence electrons. The molecule has 2 aliphatic rings. The number of carbonyl (C=O) groups excluding carboxylic acids is 2. The summed E-state index contributed by atoms with van der Waals surface area (Å²) in [6.45, 7) is 16.9. The lowest BCUT2D eigenvalue weighted by Gasteiger charge is -2.44. The SMILES string of the molecule is COCCCN1CC(C)(C)c2ccc(CO[C@H]3CN(C(=O)[C@@H](N)C(C)C)C[C@@H](OC(=O)[C@@H](N)C(C)C)[C@@H]3c3ccc(OCCCOCc4ccccc4OC)cc3)cc21. The maximum absolute atomic E-state index is 13.9. The van der Waals surface area contributed by atoms with Crippen molar-refractivity contribution in [3.05, 3.63) is 89.0 Å². The van der Waals surface area contributed by atoms with Gasteiger partial charge in [-0.25, -0.2) is 0 Å². The minimum absolute atomic E-state index is 0.0148. The number of methoxy groups -OCH3 is 2. The summed E-state index contributed by atoms with van der Waals surface area (Å²) in [4.78, 5) is 31.5. The minimum Gasteiger partial charge on any atom is -0.496 e. The third kappa shape index (κ3) is 12.0. The van der Waals surface area contributed by atoms with E-state index in [1.165, 1.54) is 11.3 Å². The fourth-order valence-corrected chi connectivity index (χ4v) is 7.94. The third-order valence-corrected chi connectivity index (χ3v) is 11.6. The highest BCUT2D eigenvalue weighted by Crippen LogP contribution is 2.42. The summed E-state index contributed by atoms with van der Waals surface area (Å²) >= 11 is 0. The van der Waals surface area contributed by atoms with E-state index >= 15 is 0 Å². The minimum atomic E-state index is -0.823. The van der Waals surface area contributed by atoms with Gasteiger partial charge < -0.3 is 49.7 Å². The number of esters is 1. The topological polar surface area (TPSA) is 148 Å². The Morgan fingerprint density at radius 2 is 1.54 bits per heavy atom. The molecule has 2 aliphatic heterocycles. The molecule has 12 nitrogen and oxygen atoms in total. The van der Waals surface area contributed by atoms with Gasteiger partial charge in [-0.3, -0.25) is 9.59 Å². The Morgan fingerprint density at radius 3 is 2.24 bits per heavy atom. The van der Waals surface area contributed by atoms with Crippen LogP contribution in [0.15, 0.2) is 66.7 Å². The number of carbonyl (C=O) groups is 2. The number of benzene rings is 3. The van der Waals surface area contributed by atoms with Crippen molar-refractivity contribution >= 4 is 17.6 Å². The van der Waals surface area contributed by atoms with E-state index in [0.29, 0.717) is 45.2 Å². The van der Waals surface area contributed by atoms with E-state index in [1.54, 1.807) is 19.1 Å². The first-order valence-electron chi connectivity index (χ1n) is 21.2. The van der Waals surface area contributed by atoms with Crippen molar-refractivity contribution in [1.82, 2.24) is 4.90 Å². The van der Waals surface area contributed by atoms with Crippen LogP contribution in [-0.2, 0) is 47.2 Å². The molecule has 0 spiro atoms. The van der Waals surface area contributed by atoms with Gasteiger partial charge in [0.1, 0.15) is 23.6 Å². The van der Waals surface area contributed by atoms with Crippen LogP contribution in [0.5, 0.6) is 11.5 Å². The Morgan fingerprint density at radius 1 is 0.831 bits per heavy atom. The molecule has 5 atom stereocenters. The average molecular weight is 817 g/mol. The summed E-state index contributed by atoms with van der Waals surface area (Å²) < 4.78 is 35.9. The Hall–Kier alpha value is -4.20. The first-order chi connectivity index (χ1) is 28.2. The average Bonchev–Trinajstić information content (AvgIpc) is 3.48. The Bertz CT molecular complexity index is 1800. The second kappa shape index (κ2) is 21.4. The van der Waals surface area contributed by atoms with Crippen LogP contribution in [0.3, 0.4) is 0 Å². The smallest absolute Gasteiger partial charge is 0.323 e. The van der Waals surface area contributed by atoms with E-state index in [4.69, 9.17) is 39.9 Å². The molecule has 4 N–H and O–H groups in total. The van der Waals surface area contributed by atoms with Crippen LogP contribution in [0.2, 0.25) is 0 Å². The lowest BCUT2D eigenvalue weighted by Crippen LogP contribution is -2.59. The highest BCUT2D eigenvalue weighted by molar-refractivity contribution is 5.82. The van der Waals surface area contributed by atoms with Crippen molar-refractivity contribution in [3.8, 4) is 11.5 Å². The quantitative estimate of drug-likeness (QED) is 0.0935. The molecule has 0 aliphatic carbocycles. The second-order valence-corrected chi connectivity index (χ2v) is 17.3. The number of anilines is 1. The summed E-state index contributed by atoms with van der Waals surface area (Å²) in [5.41, 5.74) is 18.2. The zero-order valence-corrected chi connectivity index (χ0v) is 36.5. The zero-order chi connectivity index (χ0) is 42.7. The van der Waals surface area contributed by atoms with Crippen molar-refractivity contribution in [2.24, 2.45) is 23.3 Å². The molecule has 0 radical (unpaired) electrons. The number of amides is 1. The summed E-state index contributed by atoms with van der Waals surface area (Å²) in [5, 5.41) is 0. The van der Waals surface area contributed by atoms with Crippen LogP contribution in [0.1, 0.15) is 82.6 Å². The molecule has 12 heteroatoms. The van der Waals surface area contributed by atoms with Crippen LogP contribution in [0, 0.1) is 11.8 Å².